The summed E-state index contributed by atoms with van der Waals surface area (Å²) in [4.78, 5) is 8.49. The van der Waals surface area contributed by atoms with E-state index in [1.165, 1.54) is 6.20 Å². The van der Waals surface area contributed by atoms with Crippen LogP contribution in [0.3, 0.4) is 0 Å². The number of nitrogens with zero attached hydrogens (tertiary/aromatic N) is 3. The number of pyridine rings is 1. The van der Waals surface area contributed by atoms with Crippen LogP contribution in [0.4, 0.5) is 5.69 Å². The number of rotatable bonds is 1. The molecule has 3 rings (SSSR count). The summed E-state index contributed by atoms with van der Waals surface area (Å²) in [5.74, 6) is 1.05. The molecule has 2 N–H and O–H groups in total. The molecule has 0 radical (unpaired) electrons. The van der Waals surface area contributed by atoms with Crippen LogP contribution < -0.4 is 15.2 Å². The van der Waals surface area contributed by atoms with Crippen molar-refractivity contribution in [3.05, 3.63) is 46.6 Å². The second-order valence-electron chi connectivity index (χ2n) is 5.45. The Morgan fingerprint density at radius 2 is 2.13 bits per heavy atom. The van der Waals surface area contributed by atoms with Gasteiger partial charge in [0.1, 0.15) is 10.8 Å². The van der Waals surface area contributed by atoms with E-state index in [0.29, 0.717) is 22.6 Å². The summed E-state index contributed by atoms with van der Waals surface area (Å²) in [5, 5.41) is 9.35. The minimum atomic E-state index is -0.809. The molecule has 6 nitrogen and oxygen atoms in total. The average Bonchev–Trinajstić information content (AvgIpc) is 2.48. The molecular formula is C16H13ClN4O2. The molecule has 0 aliphatic carbocycles. The van der Waals surface area contributed by atoms with Crippen LogP contribution in [0.15, 0.2) is 35.5 Å². The van der Waals surface area contributed by atoms with Crippen LogP contribution >= 0.6 is 11.6 Å². The number of benzene rings is 1. The van der Waals surface area contributed by atoms with Crippen molar-refractivity contribution in [2.24, 2.45) is 4.99 Å². The van der Waals surface area contributed by atoms with E-state index in [9.17, 15) is 0 Å². The Kier molecular flexibility index (Phi) is 3.58. The molecule has 23 heavy (non-hydrogen) atoms. The molecule has 1 aromatic carbocycles. The molecular weight excluding hydrogens is 316 g/mol. The molecule has 1 aromatic heterocycles. The maximum absolute atomic E-state index is 9.07. The monoisotopic (exact) mass is 328 g/mol. The second-order valence-corrected chi connectivity index (χ2v) is 5.85. The molecule has 116 valence electrons. The van der Waals surface area contributed by atoms with Gasteiger partial charge < -0.3 is 15.2 Å². The fraction of sp³-hybridized carbons (Fsp3) is 0.188. The number of anilines is 1. The van der Waals surface area contributed by atoms with Gasteiger partial charge in [-0.3, -0.25) is 0 Å². The summed E-state index contributed by atoms with van der Waals surface area (Å²) < 4.78 is 11.6. The molecule has 0 saturated heterocycles. The van der Waals surface area contributed by atoms with Crippen LogP contribution in [0.5, 0.6) is 11.6 Å². The van der Waals surface area contributed by atoms with Gasteiger partial charge in [-0.1, -0.05) is 11.6 Å². The fourth-order valence-corrected chi connectivity index (χ4v) is 2.35. The lowest BCUT2D eigenvalue weighted by Gasteiger charge is -2.29. The van der Waals surface area contributed by atoms with Gasteiger partial charge in [0.2, 0.25) is 11.8 Å². The normalized spacial score (nSPS) is 15.0. The standard InChI is InChI=1S/C16H13ClN4O2/c1-16(2)21-14(22-15-12(17)6-10(19)8-20-15)11-5-9(7-18)3-4-13(11)23-16/h3-6,8H,19H2,1-2H3. The number of ether oxygens (including phenoxy) is 2. The molecule has 2 aromatic rings. The minimum absolute atomic E-state index is 0.186. The van der Waals surface area contributed by atoms with Gasteiger partial charge in [0.05, 0.1) is 29.1 Å². The van der Waals surface area contributed by atoms with Crippen molar-refractivity contribution < 1.29 is 9.47 Å². The number of hydrogen-bond donors (Lipinski definition) is 1. The first-order chi connectivity index (χ1) is 10.9. The number of hydrogen-bond acceptors (Lipinski definition) is 6. The molecule has 1 aliphatic rings. The number of halogens is 1. The Hall–Kier alpha value is -2.78. The van der Waals surface area contributed by atoms with Gasteiger partial charge in [-0.25, -0.2) is 9.98 Å². The van der Waals surface area contributed by atoms with Gasteiger partial charge in [-0.15, -0.1) is 0 Å². The molecule has 0 fully saturated rings. The SMILES string of the molecule is CC1(C)N=C(Oc2ncc(N)cc2Cl)c2cc(C#N)ccc2O1. The summed E-state index contributed by atoms with van der Waals surface area (Å²) >= 11 is 6.10. The maximum Gasteiger partial charge on any atom is 0.240 e. The molecule has 0 atom stereocenters. The van der Waals surface area contributed by atoms with Crippen LogP contribution in [0.2, 0.25) is 5.02 Å². The van der Waals surface area contributed by atoms with E-state index >= 15 is 0 Å². The highest BCUT2D eigenvalue weighted by molar-refractivity contribution is 6.32. The Bertz CT molecular complexity index is 856. The Morgan fingerprint density at radius 3 is 2.83 bits per heavy atom. The van der Waals surface area contributed by atoms with E-state index in [-0.39, 0.29) is 16.8 Å². The topological polar surface area (TPSA) is 93.5 Å². The van der Waals surface area contributed by atoms with E-state index in [1.807, 2.05) is 0 Å². The largest absolute Gasteiger partial charge is 0.466 e. The Morgan fingerprint density at radius 1 is 1.35 bits per heavy atom. The lowest BCUT2D eigenvalue weighted by atomic mass is 10.1. The summed E-state index contributed by atoms with van der Waals surface area (Å²) in [7, 11) is 0. The summed E-state index contributed by atoms with van der Waals surface area (Å²) in [5.41, 5.74) is 6.29. The number of fused-ring (bicyclic) bond motifs is 1. The highest BCUT2D eigenvalue weighted by Gasteiger charge is 2.30. The summed E-state index contributed by atoms with van der Waals surface area (Å²) in [6.07, 6.45) is 1.44. The first-order valence-electron chi connectivity index (χ1n) is 6.80. The van der Waals surface area contributed by atoms with Crippen LogP contribution in [0.25, 0.3) is 0 Å². The van der Waals surface area contributed by atoms with Crippen molar-refractivity contribution in [1.29, 1.82) is 5.26 Å². The van der Waals surface area contributed by atoms with Crippen LogP contribution in [-0.2, 0) is 0 Å². The van der Waals surface area contributed by atoms with Crippen molar-refractivity contribution in [1.82, 2.24) is 4.98 Å². The zero-order valence-electron chi connectivity index (χ0n) is 12.5. The van der Waals surface area contributed by atoms with Crippen molar-refractivity contribution >= 4 is 23.2 Å². The van der Waals surface area contributed by atoms with Crippen LogP contribution in [0, 0.1) is 11.3 Å². The molecule has 1 aliphatic heterocycles. The minimum Gasteiger partial charge on any atom is -0.466 e. The number of nitrogen functional groups attached to an aromatic ring is 1. The number of aliphatic imine (C=N–C) groups is 1. The van der Waals surface area contributed by atoms with Crippen LogP contribution in [-0.4, -0.2) is 16.6 Å². The third-order valence-electron chi connectivity index (χ3n) is 3.09. The van der Waals surface area contributed by atoms with E-state index < -0.39 is 5.72 Å². The zero-order valence-corrected chi connectivity index (χ0v) is 13.3. The highest BCUT2D eigenvalue weighted by atomic mass is 35.5. The third-order valence-corrected chi connectivity index (χ3v) is 3.36. The molecule has 0 spiro atoms. The maximum atomic E-state index is 9.07. The smallest absolute Gasteiger partial charge is 0.240 e. The van der Waals surface area contributed by atoms with Crippen molar-refractivity contribution in [2.45, 2.75) is 19.6 Å². The Labute approximate surface area is 138 Å². The van der Waals surface area contributed by atoms with Gasteiger partial charge in [-0.05, 0) is 38.1 Å². The lowest BCUT2D eigenvalue weighted by molar-refractivity contribution is 0.112. The molecule has 2 heterocycles. The third kappa shape index (κ3) is 3.05. The van der Waals surface area contributed by atoms with Gasteiger partial charge in [0, 0.05) is 0 Å². The van der Waals surface area contributed by atoms with Crippen molar-refractivity contribution in [3.63, 3.8) is 0 Å². The molecule has 0 amide bonds. The predicted octanol–water partition coefficient (Wildman–Crippen LogP) is 3.14. The van der Waals surface area contributed by atoms with Crippen LogP contribution in [0.1, 0.15) is 25.0 Å². The van der Waals surface area contributed by atoms with Gasteiger partial charge in [0.25, 0.3) is 0 Å². The first-order valence-corrected chi connectivity index (χ1v) is 7.18. The van der Waals surface area contributed by atoms with E-state index in [2.05, 4.69) is 16.0 Å². The molecule has 0 saturated carbocycles. The summed E-state index contributed by atoms with van der Waals surface area (Å²) in [6, 6.07) is 8.65. The first kappa shape index (κ1) is 15.1. The van der Waals surface area contributed by atoms with E-state index in [4.69, 9.17) is 32.1 Å². The molecule has 0 unspecified atom stereocenters. The van der Waals surface area contributed by atoms with E-state index in [0.717, 1.165) is 0 Å². The molecule has 7 heteroatoms. The van der Waals surface area contributed by atoms with Gasteiger partial charge in [0.15, 0.2) is 5.72 Å². The highest BCUT2D eigenvalue weighted by Crippen LogP contribution is 2.33. The van der Waals surface area contributed by atoms with Gasteiger partial charge in [-0.2, -0.15) is 5.26 Å². The fourth-order valence-electron chi connectivity index (χ4n) is 2.14. The molecule has 0 bridgehead atoms. The van der Waals surface area contributed by atoms with Crippen molar-refractivity contribution in [3.8, 4) is 17.7 Å². The quantitative estimate of drug-likeness (QED) is 0.867. The van der Waals surface area contributed by atoms with E-state index in [1.54, 1.807) is 38.1 Å². The lowest BCUT2D eigenvalue weighted by Crippen LogP contribution is -2.34. The summed E-state index contributed by atoms with van der Waals surface area (Å²) in [6.45, 7) is 3.60. The average molecular weight is 329 g/mol. The number of nitrogens with two attached hydrogens (primary N) is 1. The number of aromatic nitrogens is 1. The number of nitriles is 1. The van der Waals surface area contributed by atoms with Gasteiger partial charge >= 0.3 is 0 Å². The predicted molar refractivity (Wildman–Crippen MR) is 86.7 cm³/mol. The van der Waals surface area contributed by atoms with Crippen molar-refractivity contribution in [2.75, 3.05) is 5.73 Å². The second kappa shape index (κ2) is 5.45. The Balaban J connectivity index is 2.06. The zero-order chi connectivity index (χ0) is 16.6.